The lowest BCUT2D eigenvalue weighted by Gasteiger charge is -2.37. The number of nitrogens with two attached hydrogens (primary N) is 1. The molecule has 6 heteroatoms. The van der Waals surface area contributed by atoms with Crippen molar-refractivity contribution in [2.45, 2.75) is 31.6 Å². The maximum Gasteiger partial charge on any atom is 0.323 e. The van der Waals surface area contributed by atoms with E-state index < -0.39 is 30.7 Å². The molecule has 1 saturated heterocycles. The Morgan fingerprint density at radius 1 is 1.58 bits per heavy atom. The molecule has 2 atom stereocenters. The zero-order valence-corrected chi connectivity index (χ0v) is 6.51. The summed E-state index contributed by atoms with van der Waals surface area (Å²) >= 11 is 0. The fraction of sp³-hybridized carbons (Fsp3) is 0.833. The third-order valence-electron chi connectivity index (χ3n) is 1.58. The molecule has 0 spiro atoms. The first-order chi connectivity index (χ1) is 5.52. The highest BCUT2D eigenvalue weighted by molar-refractivity contribution is 5.73. The predicted molar refractivity (Wildman–Crippen MR) is 37.0 cm³/mol. The van der Waals surface area contributed by atoms with E-state index in [0.717, 1.165) is 0 Å². The van der Waals surface area contributed by atoms with Crippen molar-refractivity contribution in [3.63, 3.8) is 0 Å². The number of carboxylic acids is 1. The molecule has 0 aliphatic carbocycles. The summed E-state index contributed by atoms with van der Waals surface area (Å²) in [6.45, 7) is 1.63. The molecule has 6 nitrogen and oxygen atoms in total. The highest BCUT2D eigenvalue weighted by atomic mass is 16.9. The van der Waals surface area contributed by atoms with E-state index in [1.165, 1.54) is 0 Å². The van der Waals surface area contributed by atoms with Crippen LogP contribution in [0.5, 0.6) is 0 Å². The second-order valence-electron chi connectivity index (χ2n) is 2.56. The van der Waals surface area contributed by atoms with Gasteiger partial charge in [-0.15, -0.1) is 0 Å². The lowest BCUT2D eigenvalue weighted by Crippen LogP contribution is -2.56. The molecule has 12 heavy (non-hydrogen) atoms. The Hall–Kier alpha value is -0.690. The van der Waals surface area contributed by atoms with Crippen molar-refractivity contribution in [3.8, 4) is 0 Å². The summed E-state index contributed by atoms with van der Waals surface area (Å²) < 4.78 is 9.71. The van der Waals surface area contributed by atoms with Crippen molar-refractivity contribution in [1.82, 2.24) is 0 Å². The van der Waals surface area contributed by atoms with Gasteiger partial charge in [-0.25, -0.2) is 0 Å². The smallest absolute Gasteiger partial charge is 0.323 e. The van der Waals surface area contributed by atoms with Gasteiger partial charge in [0.25, 0.3) is 0 Å². The van der Waals surface area contributed by atoms with E-state index in [0.29, 0.717) is 0 Å². The fourth-order valence-corrected chi connectivity index (χ4v) is 0.864. The van der Waals surface area contributed by atoms with E-state index in [4.69, 9.17) is 25.4 Å². The average Bonchev–Trinajstić information content (AvgIpc) is 1.95. The molecule has 1 aliphatic heterocycles. The number of aliphatic hydroxyl groups is 1. The van der Waals surface area contributed by atoms with Gasteiger partial charge in [0.2, 0.25) is 0 Å². The lowest BCUT2D eigenvalue weighted by atomic mass is 10.1. The minimum Gasteiger partial charge on any atom is -0.480 e. The third-order valence-corrected chi connectivity index (χ3v) is 1.58. The molecule has 1 aliphatic rings. The van der Waals surface area contributed by atoms with Crippen LogP contribution in [-0.4, -0.2) is 40.9 Å². The van der Waals surface area contributed by atoms with Crippen molar-refractivity contribution >= 4 is 5.97 Å². The van der Waals surface area contributed by atoms with Crippen LogP contribution in [0.25, 0.3) is 0 Å². The summed E-state index contributed by atoms with van der Waals surface area (Å²) in [4.78, 5) is 10.3. The normalized spacial score (nSPS) is 33.6. The zero-order valence-electron chi connectivity index (χ0n) is 6.51. The summed E-state index contributed by atoms with van der Waals surface area (Å²) in [7, 11) is 0. The first-order valence-electron chi connectivity index (χ1n) is 3.49. The summed E-state index contributed by atoms with van der Waals surface area (Å²) in [5.41, 5.74) is 5.11. The van der Waals surface area contributed by atoms with Crippen LogP contribution < -0.4 is 5.73 Å². The molecule has 1 fully saturated rings. The van der Waals surface area contributed by atoms with Crippen LogP contribution in [0.15, 0.2) is 0 Å². The summed E-state index contributed by atoms with van der Waals surface area (Å²) in [6, 6.07) is -1.37. The van der Waals surface area contributed by atoms with Gasteiger partial charge in [-0.2, -0.15) is 0 Å². The van der Waals surface area contributed by atoms with Gasteiger partial charge < -0.3 is 25.4 Å². The SMILES string of the molecule is CC1OC([C@H](O)[C@H](N)C(=O)O)O1. The Morgan fingerprint density at radius 2 is 2.08 bits per heavy atom. The second kappa shape index (κ2) is 3.36. The van der Waals surface area contributed by atoms with Crippen LogP contribution in [-0.2, 0) is 14.3 Å². The molecule has 0 aromatic heterocycles. The van der Waals surface area contributed by atoms with Gasteiger partial charge in [0.15, 0.2) is 12.6 Å². The molecule has 0 bridgehead atoms. The van der Waals surface area contributed by atoms with Crippen molar-refractivity contribution in [1.29, 1.82) is 0 Å². The van der Waals surface area contributed by atoms with E-state index in [1.807, 2.05) is 0 Å². The molecule has 0 saturated carbocycles. The molecule has 4 N–H and O–H groups in total. The number of rotatable bonds is 3. The van der Waals surface area contributed by atoms with E-state index >= 15 is 0 Å². The number of aliphatic hydroxyl groups excluding tert-OH is 1. The molecular weight excluding hydrogens is 166 g/mol. The first kappa shape index (κ1) is 9.40. The molecular formula is C6H11NO5. The largest absolute Gasteiger partial charge is 0.480 e. The summed E-state index contributed by atoms with van der Waals surface area (Å²) in [5, 5.41) is 17.6. The molecule has 0 aromatic rings. The Bertz CT molecular complexity index is 179. The Morgan fingerprint density at radius 3 is 2.42 bits per heavy atom. The van der Waals surface area contributed by atoms with Gasteiger partial charge in [-0.1, -0.05) is 0 Å². The molecule has 0 amide bonds. The van der Waals surface area contributed by atoms with Gasteiger partial charge in [-0.05, 0) is 6.92 Å². The van der Waals surface area contributed by atoms with Gasteiger partial charge in [-0.3, -0.25) is 4.79 Å². The molecule has 0 unspecified atom stereocenters. The van der Waals surface area contributed by atoms with Crippen molar-refractivity contribution in [2.24, 2.45) is 5.73 Å². The lowest BCUT2D eigenvalue weighted by molar-refractivity contribution is -0.399. The minimum atomic E-state index is -1.37. The zero-order chi connectivity index (χ0) is 9.30. The second-order valence-corrected chi connectivity index (χ2v) is 2.56. The van der Waals surface area contributed by atoms with E-state index in [-0.39, 0.29) is 0 Å². The van der Waals surface area contributed by atoms with Crippen LogP contribution in [0.1, 0.15) is 6.92 Å². The maximum absolute atomic E-state index is 10.3. The number of carbonyl (C=O) groups is 1. The number of hydrogen-bond donors (Lipinski definition) is 3. The predicted octanol–water partition coefficient (Wildman–Crippen LogP) is -1.52. The quantitative estimate of drug-likeness (QED) is 0.483. The molecule has 70 valence electrons. The van der Waals surface area contributed by atoms with Gasteiger partial charge in [0.05, 0.1) is 0 Å². The van der Waals surface area contributed by atoms with Crippen molar-refractivity contribution in [3.05, 3.63) is 0 Å². The summed E-state index contributed by atoms with van der Waals surface area (Å²) in [5.74, 6) is -1.28. The Balaban J connectivity index is 2.37. The van der Waals surface area contributed by atoms with Crippen LogP contribution in [0.3, 0.4) is 0 Å². The molecule has 1 heterocycles. The maximum atomic E-state index is 10.3. The topological polar surface area (TPSA) is 102 Å². The third kappa shape index (κ3) is 1.72. The van der Waals surface area contributed by atoms with Gasteiger partial charge >= 0.3 is 5.97 Å². The average molecular weight is 177 g/mol. The highest BCUT2D eigenvalue weighted by Crippen LogP contribution is 2.20. The number of hydrogen-bond acceptors (Lipinski definition) is 5. The minimum absolute atomic E-state index is 0.398. The van der Waals surface area contributed by atoms with Crippen LogP contribution in [0.2, 0.25) is 0 Å². The highest BCUT2D eigenvalue weighted by Gasteiger charge is 2.39. The van der Waals surface area contributed by atoms with Crippen LogP contribution in [0, 0.1) is 0 Å². The monoisotopic (exact) mass is 177 g/mol. The van der Waals surface area contributed by atoms with Gasteiger partial charge in [0, 0.05) is 0 Å². The van der Waals surface area contributed by atoms with E-state index in [1.54, 1.807) is 6.92 Å². The molecule has 0 aromatic carbocycles. The fourth-order valence-electron chi connectivity index (χ4n) is 0.864. The van der Waals surface area contributed by atoms with Crippen LogP contribution >= 0.6 is 0 Å². The molecule has 0 radical (unpaired) electrons. The number of carboxylic acid groups (broad SMARTS) is 1. The standard InChI is InChI=1S/C6H11NO5/c1-2-11-6(12-2)4(8)3(7)5(9)10/h2-4,6,8H,7H2,1H3,(H,9,10)/t2?,3-,4+,6?/m0/s1. The van der Waals surface area contributed by atoms with E-state index in [2.05, 4.69) is 0 Å². The number of ether oxygens (including phenoxy) is 2. The van der Waals surface area contributed by atoms with Crippen LogP contribution in [0.4, 0.5) is 0 Å². The number of aliphatic carboxylic acids is 1. The van der Waals surface area contributed by atoms with Gasteiger partial charge in [0.1, 0.15) is 12.1 Å². The summed E-state index contributed by atoms with van der Waals surface area (Å²) in [6.07, 6.45) is -2.63. The Labute approximate surface area is 68.9 Å². The van der Waals surface area contributed by atoms with Crippen molar-refractivity contribution in [2.75, 3.05) is 0 Å². The van der Waals surface area contributed by atoms with E-state index in [9.17, 15) is 4.79 Å². The first-order valence-corrected chi connectivity index (χ1v) is 3.49. The van der Waals surface area contributed by atoms with Crippen molar-refractivity contribution < 1.29 is 24.5 Å². The molecule has 1 rings (SSSR count). The Kier molecular flexibility index (Phi) is 2.63.